The monoisotopic (exact) mass is 460 g/mol. The SMILES string of the molecule is COc1ccc(C#N)cc1-c1cc(C)ncc1C(=O)Nc1nn2cc([C@H]3CCOC3)nc2s1. The van der Waals surface area contributed by atoms with Crippen LogP contribution >= 0.6 is 11.3 Å². The van der Waals surface area contributed by atoms with E-state index in [0.29, 0.717) is 44.7 Å². The molecule has 0 saturated carbocycles. The molecular formula is C23H20N6O3S. The molecule has 0 bridgehead atoms. The predicted molar refractivity (Wildman–Crippen MR) is 123 cm³/mol. The average molecular weight is 461 g/mol. The molecular weight excluding hydrogens is 440 g/mol. The van der Waals surface area contributed by atoms with Crippen LogP contribution < -0.4 is 10.1 Å². The minimum Gasteiger partial charge on any atom is -0.496 e. The topological polar surface area (TPSA) is 114 Å². The molecule has 166 valence electrons. The van der Waals surface area contributed by atoms with E-state index in [2.05, 4.69) is 26.5 Å². The number of aromatic nitrogens is 4. The standard InChI is InChI=1S/C23H20N6O3S/c1-13-7-16(17-8-14(9-24)3-4-20(17)31-2)18(10-25-13)21(30)27-22-28-29-11-19(26-23(29)33-22)15-5-6-32-12-15/h3-4,7-8,10-11,15H,5-6,12H2,1-2H3,(H,27,28,30)/t15-/m0/s1. The fourth-order valence-corrected chi connectivity index (χ4v) is 4.63. The Hall–Kier alpha value is -3.81. The number of aryl methyl sites for hydroxylation is 1. The van der Waals surface area contributed by atoms with Gasteiger partial charge in [-0.1, -0.05) is 11.3 Å². The van der Waals surface area contributed by atoms with E-state index >= 15 is 0 Å². The van der Waals surface area contributed by atoms with Crippen molar-refractivity contribution in [2.75, 3.05) is 25.6 Å². The number of hydrogen-bond donors (Lipinski definition) is 1. The normalized spacial score (nSPS) is 15.5. The number of fused-ring (bicyclic) bond motifs is 1. The molecule has 1 aliphatic heterocycles. The molecule has 0 radical (unpaired) electrons. The van der Waals surface area contributed by atoms with Gasteiger partial charge in [0.25, 0.3) is 5.91 Å². The zero-order valence-corrected chi connectivity index (χ0v) is 18.8. The summed E-state index contributed by atoms with van der Waals surface area (Å²) in [5, 5.41) is 17.1. The lowest BCUT2D eigenvalue weighted by Gasteiger charge is -2.13. The Morgan fingerprint density at radius 2 is 2.24 bits per heavy atom. The van der Waals surface area contributed by atoms with Crippen molar-refractivity contribution < 1.29 is 14.3 Å². The number of nitrogens with zero attached hydrogens (tertiary/aromatic N) is 5. The first-order valence-corrected chi connectivity index (χ1v) is 11.2. The van der Waals surface area contributed by atoms with Gasteiger partial charge in [0.2, 0.25) is 10.1 Å². The van der Waals surface area contributed by atoms with Gasteiger partial charge in [0.05, 0.1) is 42.8 Å². The number of carbonyl (C=O) groups is 1. The molecule has 9 nitrogen and oxygen atoms in total. The van der Waals surface area contributed by atoms with Crippen LogP contribution in [0.4, 0.5) is 5.13 Å². The van der Waals surface area contributed by atoms with Gasteiger partial charge in [-0.15, -0.1) is 5.10 Å². The van der Waals surface area contributed by atoms with E-state index in [9.17, 15) is 10.1 Å². The summed E-state index contributed by atoms with van der Waals surface area (Å²) in [6.07, 6.45) is 4.36. The van der Waals surface area contributed by atoms with Gasteiger partial charge in [-0.3, -0.25) is 15.1 Å². The fraction of sp³-hybridized carbons (Fsp3) is 0.261. The second-order valence-corrected chi connectivity index (χ2v) is 8.67. The third kappa shape index (κ3) is 4.04. The predicted octanol–water partition coefficient (Wildman–Crippen LogP) is 3.80. The van der Waals surface area contributed by atoms with E-state index in [1.807, 2.05) is 13.1 Å². The maximum Gasteiger partial charge on any atom is 0.259 e. The van der Waals surface area contributed by atoms with Crippen LogP contribution in [0.25, 0.3) is 16.1 Å². The zero-order chi connectivity index (χ0) is 22.9. The minimum absolute atomic E-state index is 0.289. The summed E-state index contributed by atoms with van der Waals surface area (Å²) >= 11 is 1.30. The van der Waals surface area contributed by atoms with Crippen LogP contribution in [0.3, 0.4) is 0 Å². The number of nitriles is 1. The van der Waals surface area contributed by atoms with Crippen LogP contribution in [0.2, 0.25) is 0 Å². The highest BCUT2D eigenvalue weighted by molar-refractivity contribution is 7.20. The van der Waals surface area contributed by atoms with Gasteiger partial charge in [-0.05, 0) is 37.6 Å². The van der Waals surface area contributed by atoms with Crippen molar-refractivity contribution in [3.63, 3.8) is 0 Å². The van der Waals surface area contributed by atoms with E-state index in [1.165, 1.54) is 17.5 Å². The summed E-state index contributed by atoms with van der Waals surface area (Å²) in [4.78, 5) is 22.9. The van der Waals surface area contributed by atoms with Gasteiger partial charge in [0.15, 0.2) is 0 Å². The summed E-state index contributed by atoms with van der Waals surface area (Å²) in [6, 6.07) is 9.03. The maximum atomic E-state index is 13.2. The Morgan fingerprint density at radius 1 is 1.36 bits per heavy atom. The van der Waals surface area contributed by atoms with E-state index in [4.69, 9.17) is 9.47 Å². The third-order valence-electron chi connectivity index (χ3n) is 5.53. The van der Waals surface area contributed by atoms with Gasteiger partial charge < -0.3 is 9.47 Å². The molecule has 1 amide bonds. The summed E-state index contributed by atoms with van der Waals surface area (Å²) in [6.45, 7) is 3.27. The molecule has 1 aromatic carbocycles. The van der Waals surface area contributed by atoms with Crippen LogP contribution in [0.15, 0.2) is 36.7 Å². The summed E-state index contributed by atoms with van der Waals surface area (Å²) in [5.74, 6) is 0.491. The van der Waals surface area contributed by atoms with E-state index < -0.39 is 0 Å². The third-order valence-corrected chi connectivity index (χ3v) is 6.37. The van der Waals surface area contributed by atoms with E-state index in [1.54, 1.807) is 35.9 Å². The molecule has 5 rings (SSSR count). The van der Waals surface area contributed by atoms with Crippen molar-refractivity contribution >= 4 is 27.3 Å². The number of hydrogen-bond acceptors (Lipinski definition) is 8. The Bertz CT molecular complexity index is 1370. The Morgan fingerprint density at radius 3 is 2.97 bits per heavy atom. The second-order valence-electron chi connectivity index (χ2n) is 7.71. The number of nitrogens with one attached hydrogen (secondary N) is 1. The number of methoxy groups -OCH3 is 1. The van der Waals surface area contributed by atoms with Crippen LogP contribution in [0.1, 0.15) is 39.6 Å². The lowest BCUT2D eigenvalue weighted by Crippen LogP contribution is -2.14. The molecule has 4 aromatic rings. The number of ether oxygens (including phenoxy) is 2. The molecule has 3 aromatic heterocycles. The number of amides is 1. The van der Waals surface area contributed by atoms with Crippen LogP contribution in [-0.2, 0) is 4.74 Å². The summed E-state index contributed by atoms with van der Waals surface area (Å²) in [7, 11) is 1.55. The van der Waals surface area contributed by atoms with Gasteiger partial charge in [-0.25, -0.2) is 9.50 Å². The fourth-order valence-electron chi connectivity index (χ4n) is 3.85. The molecule has 1 saturated heterocycles. The first-order valence-electron chi connectivity index (χ1n) is 10.4. The molecule has 0 aliphatic carbocycles. The minimum atomic E-state index is -0.358. The first kappa shape index (κ1) is 21.1. The van der Waals surface area contributed by atoms with Crippen molar-refractivity contribution in [3.8, 4) is 22.9 Å². The molecule has 1 aliphatic rings. The number of rotatable bonds is 5. The molecule has 4 heterocycles. The first-order chi connectivity index (χ1) is 16.1. The lowest BCUT2D eigenvalue weighted by molar-refractivity contribution is 0.102. The Kier molecular flexibility index (Phi) is 5.50. The van der Waals surface area contributed by atoms with Crippen molar-refractivity contribution in [3.05, 3.63) is 59.2 Å². The van der Waals surface area contributed by atoms with Crippen molar-refractivity contribution in [1.29, 1.82) is 5.26 Å². The Labute approximate surface area is 193 Å². The van der Waals surface area contributed by atoms with Crippen LogP contribution in [0, 0.1) is 18.3 Å². The average Bonchev–Trinajstić information content (AvgIpc) is 3.55. The second kappa shape index (κ2) is 8.61. The molecule has 33 heavy (non-hydrogen) atoms. The highest BCUT2D eigenvalue weighted by Gasteiger charge is 2.23. The largest absolute Gasteiger partial charge is 0.496 e. The highest BCUT2D eigenvalue weighted by atomic mass is 32.1. The van der Waals surface area contributed by atoms with Gasteiger partial charge >= 0.3 is 0 Å². The summed E-state index contributed by atoms with van der Waals surface area (Å²) < 4.78 is 12.6. The zero-order valence-electron chi connectivity index (χ0n) is 18.0. The van der Waals surface area contributed by atoms with Gasteiger partial charge in [0.1, 0.15) is 5.75 Å². The van der Waals surface area contributed by atoms with Crippen molar-refractivity contribution in [1.82, 2.24) is 19.6 Å². The number of anilines is 1. The quantitative estimate of drug-likeness (QED) is 0.482. The number of carbonyl (C=O) groups excluding carboxylic acids is 1. The number of pyridine rings is 1. The Balaban J connectivity index is 1.46. The van der Waals surface area contributed by atoms with E-state index in [0.717, 1.165) is 24.4 Å². The molecule has 0 unspecified atom stereocenters. The number of benzene rings is 1. The number of imidazole rings is 1. The van der Waals surface area contributed by atoms with E-state index in [-0.39, 0.29) is 11.8 Å². The van der Waals surface area contributed by atoms with Crippen LogP contribution in [-0.4, -0.2) is 45.8 Å². The molecule has 1 atom stereocenters. The lowest BCUT2D eigenvalue weighted by atomic mass is 9.97. The maximum absolute atomic E-state index is 13.2. The van der Waals surface area contributed by atoms with Crippen molar-refractivity contribution in [2.45, 2.75) is 19.3 Å². The molecule has 0 spiro atoms. The van der Waals surface area contributed by atoms with Crippen LogP contribution in [0.5, 0.6) is 5.75 Å². The molecule has 1 N–H and O–H groups in total. The summed E-state index contributed by atoms with van der Waals surface area (Å²) in [5.41, 5.74) is 3.78. The van der Waals surface area contributed by atoms with Gasteiger partial charge in [0, 0.05) is 35.5 Å². The molecule has 1 fully saturated rings. The molecule has 10 heteroatoms. The van der Waals surface area contributed by atoms with Gasteiger partial charge in [-0.2, -0.15) is 5.26 Å². The smallest absolute Gasteiger partial charge is 0.259 e. The van der Waals surface area contributed by atoms with Crippen molar-refractivity contribution in [2.24, 2.45) is 0 Å². The highest BCUT2D eigenvalue weighted by Crippen LogP contribution is 2.34.